The van der Waals surface area contributed by atoms with E-state index in [1.54, 1.807) is 30.5 Å². The molecule has 1 aromatic heterocycles. The monoisotopic (exact) mass is 403 g/mol. The number of carbonyl (C=O) groups is 1. The fraction of sp³-hybridized carbons (Fsp3) is 0.0833. The summed E-state index contributed by atoms with van der Waals surface area (Å²) in [7, 11) is 0. The van der Waals surface area contributed by atoms with Gasteiger partial charge in [0, 0.05) is 28.2 Å². The van der Waals surface area contributed by atoms with Crippen molar-refractivity contribution in [1.82, 2.24) is 9.99 Å². The van der Waals surface area contributed by atoms with Gasteiger partial charge in [0.1, 0.15) is 11.6 Å². The lowest BCUT2D eigenvalue weighted by atomic mass is 10.1. The molecule has 4 aromatic rings. The third kappa shape index (κ3) is 4.43. The molecule has 0 aliphatic rings. The Kier molecular flexibility index (Phi) is 5.66. The second kappa shape index (κ2) is 8.69. The summed E-state index contributed by atoms with van der Waals surface area (Å²) in [5.74, 6) is -0.893. The van der Waals surface area contributed by atoms with Crippen LogP contribution in [-0.2, 0) is 17.8 Å². The summed E-state index contributed by atoms with van der Waals surface area (Å²) in [6, 6.07) is 20.2. The van der Waals surface area contributed by atoms with E-state index < -0.39 is 0 Å². The minimum absolute atomic E-state index is 0.104. The van der Waals surface area contributed by atoms with Crippen LogP contribution in [0.4, 0.5) is 8.78 Å². The third-order valence-electron chi connectivity index (χ3n) is 4.79. The molecule has 0 unspecified atom stereocenters. The average Bonchev–Trinajstić information content (AvgIpc) is 3.09. The Morgan fingerprint density at radius 3 is 2.50 bits per heavy atom. The average molecular weight is 403 g/mol. The SMILES string of the molecule is O=C(Cc1ccc(F)cc1)N/N=C/c1cn(Cc2ccccc2F)c2ccccc12. The van der Waals surface area contributed by atoms with Gasteiger partial charge in [-0.05, 0) is 29.8 Å². The highest BCUT2D eigenvalue weighted by Crippen LogP contribution is 2.22. The number of hydrogen-bond donors (Lipinski definition) is 1. The van der Waals surface area contributed by atoms with Gasteiger partial charge < -0.3 is 4.57 Å². The molecule has 1 heterocycles. The van der Waals surface area contributed by atoms with Gasteiger partial charge in [-0.1, -0.05) is 48.5 Å². The van der Waals surface area contributed by atoms with E-state index in [0.29, 0.717) is 17.7 Å². The standard InChI is InChI=1S/C24H19F2N3O/c25-20-11-9-17(10-12-20)13-24(30)28-27-14-19-16-29(23-8-4-2-6-21(19)23)15-18-5-1-3-7-22(18)26/h1-12,14,16H,13,15H2,(H,28,30)/b27-14+. The highest BCUT2D eigenvalue weighted by Gasteiger charge is 2.09. The van der Waals surface area contributed by atoms with E-state index in [1.165, 1.54) is 18.2 Å². The van der Waals surface area contributed by atoms with E-state index in [2.05, 4.69) is 10.5 Å². The van der Waals surface area contributed by atoms with Crippen molar-refractivity contribution in [3.05, 3.63) is 107 Å². The molecule has 6 heteroatoms. The van der Waals surface area contributed by atoms with Crippen LogP contribution in [0.1, 0.15) is 16.7 Å². The van der Waals surface area contributed by atoms with Crippen molar-refractivity contribution in [3.8, 4) is 0 Å². The van der Waals surface area contributed by atoms with Crippen molar-refractivity contribution >= 4 is 23.0 Å². The second-order valence-corrected chi connectivity index (χ2v) is 6.92. The molecule has 4 rings (SSSR count). The minimum Gasteiger partial charge on any atom is -0.342 e. The van der Waals surface area contributed by atoms with Gasteiger partial charge in [-0.15, -0.1) is 0 Å². The van der Waals surface area contributed by atoms with Crippen molar-refractivity contribution < 1.29 is 13.6 Å². The van der Waals surface area contributed by atoms with Crippen molar-refractivity contribution in [1.29, 1.82) is 0 Å². The van der Waals surface area contributed by atoms with Crippen LogP contribution in [0.15, 0.2) is 84.1 Å². The van der Waals surface area contributed by atoms with Crippen LogP contribution < -0.4 is 5.43 Å². The molecule has 150 valence electrons. The lowest BCUT2D eigenvalue weighted by Gasteiger charge is -2.06. The number of carbonyl (C=O) groups excluding carboxylic acids is 1. The van der Waals surface area contributed by atoms with Crippen LogP contribution in [0, 0.1) is 11.6 Å². The Bertz CT molecular complexity index is 1210. The molecule has 3 aromatic carbocycles. The first-order valence-corrected chi connectivity index (χ1v) is 9.48. The summed E-state index contributed by atoms with van der Waals surface area (Å²) in [6.07, 6.45) is 3.56. The quantitative estimate of drug-likeness (QED) is 0.369. The van der Waals surface area contributed by atoms with Crippen molar-refractivity contribution in [2.45, 2.75) is 13.0 Å². The molecule has 0 spiro atoms. The molecule has 4 nitrogen and oxygen atoms in total. The molecule has 1 N–H and O–H groups in total. The molecule has 0 aliphatic heterocycles. The number of rotatable bonds is 6. The molecule has 30 heavy (non-hydrogen) atoms. The number of halogens is 2. The molecular formula is C24H19F2N3O. The summed E-state index contributed by atoms with van der Waals surface area (Å²) >= 11 is 0. The highest BCUT2D eigenvalue weighted by atomic mass is 19.1. The number of benzene rings is 3. The Hall–Kier alpha value is -3.80. The fourth-order valence-electron chi connectivity index (χ4n) is 3.32. The lowest BCUT2D eigenvalue weighted by Crippen LogP contribution is -2.19. The number of amides is 1. The van der Waals surface area contributed by atoms with Gasteiger partial charge in [0.2, 0.25) is 5.91 Å². The van der Waals surface area contributed by atoms with E-state index in [9.17, 15) is 13.6 Å². The zero-order valence-corrected chi connectivity index (χ0v) is 16.1. The normalized spacial score (nSPS) is 11.3. The third-order valence-corrected chi connectivity index (χ3v) is 4.79. The zero-order chi connectivity index (χ0) is 20.9. The maximum absolute atomic E-state index is 14.1. The second-order valence-electron chi connectivity index (χ2n) is 6.92. The van der Waals surface area contributed by atoms with Crippen LogP contribution >= 0.6 is 0 Å². The minimum atomic E-state index is -0.344. The molecule has 0 bridgehead atoms. The predicted molar refractivity (Wildman–Crippen MR) is 113 cm³/mol. The molecule has 1 amide bonds. The number of para-hydroxylation sites is 1. The van der Waals surface area contributed by atoms with Gasteiger partial charge in [0.25, 0.3) is 0 Å². The number of hydrogen-bond acceptors (Lipinski definition) is 2. The number of hydrazone groups is 1. The first kappa shape index (κ1) is 19.5. The maximum atomic E-state index is 14.1. The first-order valence-electron chi connectivity index (χ1n) is 9.48. The van der Waals surface area contributed by atoms with Crippen molar-refractivity contribution in [2.24, 2.45) is 5.10 Å². The molecule has 0 fully saturated rings. The van der Waals surface area contributed by atoms with E-state index >= 15 is 0 Å². The number of nitrogens with one attached hydrogen (secondary N) is 1. The number of fused-ring (bicyclic) bond motifs is 1. The van der Waals surface area contributed by atoms with Gasteiger partial charge in [-0.25, -0.2) is 14.2 Å². The van der Waals surface area contributed by atoms with Crippen LogP contribution in [0.5, 0.6) is 0 Å². The number of nitrogens with zero attached hydrogens (tertiary/aromatic N) is 2. The summed E-state index contributed by atoms with van der Waals surface area (Å²) in [6.45, 7) is 0.387. The molecular weight excluding hydrogens is 384 g/mol. The summed E-state index contributed by atoms with van der Waals surface area (Å²) in [5.41, 5.74) is 5.54. The Morgan fingerprint density at radius 1 is 0.967 bits per heavy atom. The molecule has 0 saturated carbocycles. The predicted octanol–water partition coefficient (Wildman–Crippen LogP) is 4.66. The zero-order valence-electron chi connectivity index (χ0n) is 16.1. The number of aromatic nitrogens is 1. The maximum Gasteiger partial charge on any atom is 0.244 e. The molecule has 0 saturated heterocycles. The van der Waals surface area contributed by atoms with Gasteiger partial charge in [-0.2, -0.15) is 5.10 Å². The lowest BCUT2D eigenvalue weighted by molar-refractivity contribution is -0.120. The van der Waals surface area contributed by atoms with Gasteiger partial charge >= 0.3 is 0 Å². The Balaban J connectivity index is 1.50. The largest absolute Gasteiger partial charge is 0.342 e. The molecule has 0 atom stereocenters. The summed E-state index contributed by atoms with van der Waals surface area (Å²) in [4.78, 5) is 12.1. The van der Waals surface area contributed by atoms with E-state index in [-0.39, 0.29) is 24.0 Å². The Labute approximate surface area is 172 Å². The smallest absolute Gasteiger partial charge is 0.244 e. The molecule has 0 radical (unpaired) electrons. The molecule has 0 aliphatic carbocycles. The van der Waals surface area contributed by atoms with Crippen LogP contribution in [0.25, 0.3) is 10.9 Å². The Morgan fingerprint density at radius 2 is 1.70 bits per heavy atom. The summed E-state index contributed by atoms with van der Waals surface area (Å²) in [5, 5.41) is 5.01. The van der Waals surface area contributed by atoms with Gasteiger partial charge in [0.15, 0.2) is 0 Å². The van der Waals surface area contributed by atoms with Gasteiger partial charge in [0.05, 0.1) is 19.2 Å². The van der Waals surface area contributed by atoms with E-state index in [0.717, 1.165) is 16.5 Å². The van der Waals surface area contributed by atoms with Crippen LogP contribution in [0.2, 0.25) is 0 Å². The highest BCUT2D eigenvalue weighted by molar-refractivity contribution is 5.99. The van der Waals surface area contributed by atoms with Crippen molar-refractivity contribution in [2.75, 3.05) is 0 Å². The fourth-order valence-corrected chi connectivity index (χ4v) is 3.32. The van der Waals surface area contributed by atoms with Gasteiger partial charge in [-0.3, -0.25) is 4.79 Å². The van der Waals surface area contributed by atoms with Crippen molar-refractivity contribution in [3.63, 3.8) is 0 Å². The van der Waals surface area contributed by atoms with E-state index in [4.69, 9.17) is 0 Å². The summed E-state index contributed by atoms with van der Waals surface area (Å²) < 4.78 is 29.0. The first-order chi connectivity index (χ1) is 14.6. The van der Waals surface area contributed by atoms with E-state index in [1.807, 2.05) is 41.1 Å². The topological polar surface area (TPSA) is 46.4 Å². The van der Waals surface area contributed by atoms with Crippen LogP contribution in [-0.4, -0.2) is 16.7 Å². The van der Waals surface area contributed by atoms with Crippen LogP contribution in [0.3, 0.4) is 0 Å².